The minimum absolute atomic E-state index is 0.0527. The molecule has 1 aromatic heterocycles. The highest BCUT2D eigenvalue weighted by Crippen LogP contribution is 2.43. The Kier molecular flexibility index (Phi) is 4.09. The van der Waals surface area contributed by atoms with Gasteiger partial charge >= 0.3 is 5.97 Å². The number of amides is 1. The fourth-order valence-corrected chi connectivity index (χ4v) is 4.93. The summed E-state index contributed by atoms with van der Waals surface area (Å²) in [5.74, 6) is -0.526. The number of halogens is 1. The Hall–Kier alpha value is -2.18. The van der Waals surface area contributed by atoms with E-state index < -0.39 is 0 Å². The molecule has 0 fully saturated rings. The van der Waals surface area contributed by atoms with Crippen molar-refractivity contribution < 1.29 is 14.3 Å². The van der Waals surface area contributed by atoms with Crippen molar-refractivity contribution in [3.63, 3.8) is 0 Å². The quantitative estimate of drug-likeness (QED) is 0.821. The third-order valence-electron chi connectivity index (χ3n) is 4.51. The molecule has 5 nitrogen and oxygen atoms in total. The zero-order chi connectivity index (χ0) is 17.6. The molecule has 0 saturated carbocycles. The highest BCUT2D eigenvalue weighted by molar-refractivity contribution is 7.17. The van der Waals surface area contributed by atoms with E-state index in [9.17, 15) is 9.59 Å². The van der Waals surface area contributed by atoms with Crippen LogP contribution >= 0.6 is 22.9 Å². The minimum Gasteiger partial charge on any atom is -0.469 e. The number of hydrogen-bond donors (Lipinski definition) is 1. The number of esters is 1. The van der Waals surface area contributed by atoms with Gasteiger partial charge in [0.15, 0.2) is 0 Å². The van der Waals surface area contributed by atoms with E-state index in [4.69, 9.17) is 16.3 Å². The van der Waals surface area contributed by atoms with Gasteiger partial charge in [-0.05, 0) is 24.5 Å². The van der Waals surface area contributed by atoms with Crippen LogP contribution in [0.15, 0.2) is 29.3 Å². The fourth-order valence-electron chi connectivity index (χ4n) is 3.38. The number of methoxy groups -OCH3 is 1. The summed E-state index contributed by atoms with van der Waals surface area (Å²) < 4.78 is 4.90. The van der Waals surface area contributed by atoms with Crippen LogP contribution in [0.4, 0.5) is 5.00 Å². The summed E-state index contributed by atoms with van der Waals surface area (Å²) in [5, 5.41) is 4.31. The van der Waals surface area contributed by atoms with E-state index in [0.717, 1.165) is 26.6 Å². The second-order valence-electron chi connectivity index (χ2n) is 6.03. The van der Waals surface area contributed by atoms with Crippen LogP contribution in [0.25, 0.3) is 0 Å². The van der Waals surface area contributed by atoms with Gasteiger partial charge in [-0.1, -0.05) is 29.8 Å². The molecular weight excluding hydrogens is 360 g/mol. The van der Waals surface area contributed by atoms with Crippen molar-refractivity contribution in [2.45, 2.75) is 12.8 Å². The number of hydrogen-bond acceptors (Lipinski definition) is 5. The van der Waals surface area contributed by atoms with Crippen molar-refractivity contribution in [1.29, 1.82) is 0 Å². The highest BCUT2D eigenvalue weighted by Gasteiger charge is 2.36. The maximum atomic E-state index is 12.0. The number of benzene rings is 1. The third kappa shape index (κ3) is 2.75. The van der Waals surface area contributed by atoms with Gasteiger partial charge in [0.25, 0.3) is 0 Å². The van der Waals surface area contributed by atoms with E-state index in [2.05, 4.69) is 10.3 Å². The van der Waals surface area contributed by atoms with Crippen LogP contribution in [0.3, 0.4) is 0 Å². The molecule has 1 atom stereocenters. The van der Waals surface area contributed by atoms with Crippen molar-refractivity contribution in [2.75, 3.05) is 19.0 Å². The molecule has 1 unspecified atom stereocenters. The zero-order valence-electron chi connectivity index (χ0n) is 13.5. The lowest BCUT2D eigenvalue weighted by atomic mass is 9.98. The van der Waals surface area contributed by atoms with Crippen LogP contribution in [0, 0.1) is 5.92 Å². The largest absolute Gasteiger partial charge is 0.469 e. The zero-order valence-corrected chi connectivity index (χ0v) is 15.0. The number of carbonyl (C=O) groups excluding carboxylic acids is 2. The van der Waals surface area contributed by atoms with Crippen molar-refractivity contribution >= 4 is 45.5 Å². The number of thiophene rings is 1. The minimum atomic E-state index is -0.203. The Labute approximate surface area is 153 Å². The second-order valence-corrected chi connectivity index (χ2v) is 7.54. The lowest BCUT2D eigenvalue weighted by molar-refractivity contribution is -0.145. The maximum Gasteiger partial charge on any atom is 0.309 e. The summed E-state index contributed by atoms with van der Waals surface area (Å²) in [6.07, 6.45) is 1.22. The van der Waals surface area contributed by atoms with Gasteiger partial charge < -0.3 is 10.1 Å². The summed E-state index contributed by atoms with van der Waals surface area (Å²) in [5.41, 5.74) is 3.47. The number of nitrogens with zero attached hydrogens (tertiary/aromatic N) is 1. The van der Waals surface area contributed by atoms with Gasteiger partial charge in [-0.15, -0.1) is 11.3 Å². The lowest BCUT2D eigenvalue weighted by Crippen LogP contribution is -2.17. The molecule has 2 aliphatic rings. The Balaban J connectivity index is 1.85. The second kappa shape index (κ2) is 6.28. The lowest BCUT2D eigenvalue weighted by Gasteiger charge is -2.11. The first kappa shape index (κ1) is 16.3. The molecule has 1 aromatic carbocycles. The summed E-state index contributed by atoms with van der Waals surface area (Å²) in [4.78, 5) is 29.6. The van der Waals surface area contributed by atoms with Gasteiger partial charge in [0.1, 0.15) is 11.5 Å². The van der Waals surface area contributed by atoms with E-state index in [1.807, 2.05) is 24.3 Å². The molecule has 0 spiro atoms. The molecule has 0 bridgehead atoms. The van der Waals surface area contributed by atoms with E-state index in [1.54, 1.807) is 0 Å². The maximum absolute atomic E-state index is 12.0. The highest BCUT2D eigenvalue weighted by atomic mass is 35.5. The van der Waals surface area contributed by atoms with Crippen LogP contribution in [-0.4, -0.2) is 31.2 Å². The average molecular weight is 375 g/mol. The summed E-state index contributed by atoms with van der Waals surface area (Å²) in [6, 6.07) is 7.47. The van der Waals surface area contributed by atoms with Gasteiger partial charge in [0, 0.05) is 21.0 Å². The van der Waals surface area contributed by atoms with E-state index in [1.165, 1.54) is 18.4 Å². The first-order valence-electron chi connectivity index (χ1n) is 7.90. The molecule has 4 rings (SSSR count). The number of fused-ring (bicyclic) bond motifs is 3. The van der Waals surface area contributed by atoms with E-state index >= 15 is 0 Å². The monoisotopic (exact) mass is 374 g/mol. The first-order valence-corrected chi connectivity index (χ1v) is 9.10. The molecule has 25 heavy (non-hydrogen) atoms. The third-order valence-corrected chi connectivity index (χ3v) is 6.01. The Morgan fingerprint density at radius 3 is 2.92 bits per heavy atom. The summed E-state index contributed by atoms with van der Waals surface area (Å²) in [7, 11) is 1.41. The molecule has 1 N–H and O–H groups in total. The van der Waals surface area contributed by atoms with Crippen molar-refractivity contribution in [3.05, 3.63) is 50.9 Å². The first-order chi connectivity index (χ1) is 12.1. The average Bonchev–Trinajstić information content (AvgIpc) is 3.09. The van der Waals surface area contributed by atoms with Gasteiger partial charge in [-0.25, -0.2) is 0 Å². The Morgan fingerprint density at radius 2 is 2.16 bits per heavy atom. The standard InChI is InChI=1S/C18H15ClN2O3S/c1-24-18(23)9-6-11-13(7-9)25-17-15(11)16(20-8-14(22)21-17)10-4-2-3-5-12(10)19/h2-5,9H,6-8H2,1H3,(H,21,22). The molecule has 1 amide bonds. The van der Waals surface area contributed by atoms with Gasteiger partial charge in [0.2, 0.25) is 5.91 Å². The number of carbonyl (C=O) groups is 2. The van der Waals surface area contributed by atoms with Gasteiger partial charge in [-0.2, -0.15) is 0 Å². The van der Waals surface area contributed by atoms with Crippen LogP contribution in [-0.2, 0) is 27.2 Å². The van der Waals surface area contributed by atoms with Gasteiger partial charge in [0.05, 0.1) is 18.7 Å². The molecule has 1 aliphatic carbocycles. The molecule has 2 heterocycles. The number of nitrogens with one attached hydrogen (secondary N) is 1. The molecule has 7 heteroatoms. The normalized spacial score (nSPS) is 18.7. The van der Waals surface area contributed by atoms with E-state index in [-0.39, 0.29) is 24.3 Å². The van der Waals surface area contributed by atoms with Gasteiger partial charge in [-0.3, -0.25) is 14.6 Å². The van der Waals surface area contributed by atoms with Crippen LogP contribution in [0.5, 0.6) is 0 Å². The summed E-state index contributed by atoms with van der Waals surface area (Å²) >= 11 is 7.89. The Morgan fingerprint density at radius 1 is 1.36 bits per heavy atom. The SMILES string of the molecule is COC(=O)C1Cc2sc3c(c2C1)C(c1ccccc1Cl)=NCC(=O)N3. The Bertz CT molecular complexity index is 919. The molecule has 0 saturated heterocycles. The predicted octanol–water partition coefficient (Wildman–Crippen LogP) is 3.08. The molecule has 2 aromatic rings. The topological polar surface area (TPSA) is 67.8 Å². The predicted molar refractivity (Wildman–Crippen MR) is 97.8 cm³/mol. The smallest absolute Gasteiger partial charge is 0.309 e. The van der Waals surface area contributed by atoms with Crippen molar-refractivity contribution in [1.82, 2.24) is 0 Å². The van der Waals surface area contributed by atoms with E-state index in [0.29, 0.717) is 23.6 Å². The molecule has 0 radical (unpaired) electrons. The number of aliphatic imine (C=N–C) groups is 1. The number of rotatable bonds is 2. The van der Waals surface area contributed by atoms with Crippen molar-refractivity contribution in [2.24, 2.45) is 10.9 Å². The van der Waals surface area contributed by atoms with Crippen LogP contribution < -0.4 is 5.32 Å². The molecule has 128 valence electrons. The molecular formula is C18H15ClN2O3S. The number of anilines is 1. The summed E-state index contributed by atoms with van der Waals surface area (Å²) in [6.45, 7) is 0.0527. The number of ether oxygens (including phenoxy) is 1. The fraction of sp³-hybridized carbons (Fsp3) is 0.278. The van der Waals surface area contributed by atoms with Crippen LogP contribution in [0.1, 0.15) is 21.6 Å². The van der Waals surface area contributed by atoms with Crippen LogP contribution in [0.2, 0.25) is 5.02 Å². The van der Waals surface area contributed by atoms with Crippen molar-refractivity contribution in [3.8, 4) is 0 Å². The molecule has 1 aliphatic heterocycles.